The van der Waals surface area contributed by atoms with E-state index in [0.29, 0.717) is 17.6 Å². The van der Waals surface area contributed by atoms with Gasteiger partial charge in [0.15, 0.2) is 0 Å². The Balaban J connectivity index is 1.70. The fraction of sp³-hybridized carbons (Fsp3) is 0.400. The number of aliphatic hydroxyl groups excluding tert-OH is 2. The standard InChI is InChI=1S/C20H22FN3O3/c1-11-14-7-8-24(19(14)23-10-22-11)16-9-15(17(25)18(16)26)20(2,27)12-3-5-13(21)6-4-12/h3-8,10,15-18,25-27H,9H2,1-2H3/t15-,16+,17+,18-,20?/m0/s1. The SMILES string of the molecule is Cc1ncnc2c1ccn2[C@@H]1C[C@H](C(C)(O)c2ccc(F)cc2)[C@@H](O)[C@H]1O. The predicted molar refractivity (Wildman–Crippen MR) is 97.4 cm³/mol. The highest BCUT2D eigenvalue weighted by Crippen LogP contribution is 2.45. The first-order valence-electron chi connectivity index (χ1n) is 8.93. The summed E-state index contributed by atoms with van der Waals surface area (Å²) in [6.45, 7) is 3.47. The summed E-state index contributed by atoms with van der Waals surface area (Å²) in [4.78, 5) is 8.49. The molecule has 7 heteroatoms. The highest BCUT2D eigenvalue weighted by atomic mass is 19.1. The average Bonchev–Trinajstić information content (AvgIpc) is 3.19. The lowest BCUT2D eigenvalue weighted by atomic mass is 9.80. The molecule has 0 aliphatic heterocycles. The van der Waals surface area contributed by atoms with Crippen LogP contribution in [-0.4, -0.2) is 42.1 Å². The lowest BCUT2D eigenvalue weighted by molar-refractivity contribution is -0.0752. The van der Waals surface area contributed by atoms with Crippen LogP contribution in [-0.2, 0) is 5.60 Å². The number of hydrogen-bond acceptors (Lipinski definition) is 5. The van der Waals surface area contributed by atoms with Crippen LogP contribution in [0.5, 0.6) is 0 Å². The molecule has 1 aromatic carbocycles. The Morgan fingerprint density at radius 1 is 1.11 bits per heavy atom. The summed E-state index contributed by atoms with van der Waals surface area (Å²) >= 11 is 0. The summed E-state index contributed by atoms with van der Waals surface area (Å²) < 4.78 is 15.1. The van der Waals surface area contributed by atoms with Crippen molar-refractivity contribution in [3.05, 3.63) is 59.9 Å². The number of aromatic nitrogens is 3. The molecule has 0 saturated heterocycles. The van der Waals surface area contributed by atoms with Crippen molar-refractivity contribution in [2.45, 2.75) is 44.1 Å². The van der Waals surface area contributed by atoms with Gasteiger partial charge in [-0.1, -0.05) is 12.1 Å². The van der Waals surface area contributed by atoms with Crippen molar-refractivity contribution in [2.24, 2.45) is 5.92 Å². The smallest absolute Gasteiger partial charge is 0.143 e. The van der Waals surface area contributed by atoms with Crippen molar-refractivity contribution < 1.29 is 19.7 Å². The van der Waals surface area contributed by atoms with Crippen molar-refractivity contribution in [1.82, 2.24) is 14.5 Å². The zero-order valence-corrected chi connectivity index (χ0v) is 15.1. The van der Waals surface area contributed by atoms with E-state index in [-0.39, 0.29) is 0 Å². The quantitative estimate of drug-likeness (QED) is 0.656. The molecule has 0 bridgehead atoms. The van der Waals surface area contributed by atoms with Gasteiger partial charge in [-0.05, 0) is 44.0 Å². The van der Waals surface area contributed by atoms with Crippen LogP contribution >= 0.6 is 0 Å². The Kier molecular flexibility index (Phi) is 4.25. The molecule has 0 spiro atoms. The minimum Gasteiger partial charge on any atom is -0.390 e. The van der Waals surface area contributed by atoms with E-state index in [9.17, 15) is 19.7 Å². The maximum absolute atomic E-state index is 13.2. The van der Waals surface area contributed by atoms with Gasteiger partial charge in [0, 0.05) is 17.5 Å². The van der Waals surface area contributed by atoms with Crippen molar-refractivity contribution >= 4 is 11.0 Å². The fourth-order valence-electron chi connectivity index (χ4n) is 4.21. The Hall–Kier alpha value is -2.35. The number of halogens is 1. The highest BCUT2D eigenvalue weighted by molar-refractivity contribution is 5.78. The molecular weight excluding hydrogens is 349 g/mol. The molecule has 4 rings (SSSR count). The third-order valence-corrected chi connectivity index (χ3v) is 5.87. The molecule has 2 aromatic heterocycles. The monoisotopic (exact) mass is 371 g/mol. The minimum absolute atomic E-state index is 0.347. The Morgan fingerprint density at radius 3 is 2.52 bits per heavy atom. The summed E-state index contributed by atoms with van der Waals surface area (Å²) in [5, 5.41) is 33.4. The molecule has 6 nitrogen and oxygen atoms in total. The van der Waals surface area contributed by atoms with Crippen molar-refractivity contribution in [1.29, 1.82) is 0 Å². The van der Waals surface area contributed by atoms with Gasteiger partial charge in [0.25, 0.3) is 0 Å². The number of hydrogen-bond donors (Lipinski definition) is 3. The van der Waals surface area contributed by atoms with Crippen LogP contribution in [0.4, 0.5) is 4.39 Å². The van der Waals surface area contributed by atoms with Gasteiger partial charge >= 0.3 is 0 Å². The Morgan fingerprint density at radius 2 is 1.81 bits per heavy atom. The van der Waals surface area contributed by atoms with Crippen LogP contribution in [0.1, 0.15) is 30.6 Å². The van der Waals surface area contributed by atoms with Gasteiger partial charge in [-0.3, -0.25) is 0 Å². The van der Waals surface area contributed by atoms with E-state index < -0.39 is 35.6 Å². The molecule has 1 aliphatic rings. The second kappa shape index (κ2) is 6.37. The van der Waals surface area contributed by atoms with E-state index in [1.165, 1.54) is 30.6 Å². The van der Waals surface area contributed by atoms with Crippen molar-refractivity contribution in [2.75, 3.05) is 0 Å². The molecule has 1 fully saturated rings. The highest BCUT2D eigenvalue weighted by Gasteiger charge is 2.50. The molecule has 142 valence electrons. The van der Waals surface area contributed by atoms with Crippen LogP contribution < -0.4 is 0 Å². The van der Waals surface area contributed by atoms with E-state index >= 15 is 0 Å². The van der Waals surface area contributed by atoms with Crippen LogP contribution in [0.3, 0.4) is 0 Å². The summed E-state index contributed by atoms with van der Waals surface area (Å²) in [5.41, 5.74) is 0.593. The van der Waals surface area contributed by atoms with Gasteiger partial charge < -0.3 is 19.9 Å². The van der Waals surface area contributed by atoms with Crippen LogP contribution in [0.15, 0.2) is 42.9 Å². The molecule has 5 atom stereocenters. The average molecular weight is 371 g/mol. The molecular formula is C20H22FN3O3. The number of aryl methyl sites for hydroxylation is 1. The fourth-order valence-corrected chi connectivity index (χ4v) is 4.21. The van der Waals surface area contributed by atoms with Crippen LogP contribution in [0.25, 0.3) is 11.0 Å². The second-order valence-electron chi connectivity index (χ2n) is 7.46. The van der Waals surface area contributed by atoms with Gasteiger partial charge in [0.1, 0.15) is 23.9 Å². The van der Waals surface area contributed by atoms with Crippen molar-refractivity contribution in [3.8, 4) is 0 Å². The molecule has 3 N–H and O–H groups in total. The van der Waals surface area contributed by atoms with Gasteiger partial charge in [0.05, 0.1) is 23.4 Å². The molecule has 2 heterocycles. The van der Waals surface area contributed by atoms with Gasteiger partial charge in [0.2, 0.25) is 0 Å². The number of fused-ring (bicyclic) bond motifs is 1. The maximum atomic E-state index is 13.2. The summed E-state index contributed by atoms with van der Waals surface area (Å²) in [5.74, 6) is -1.02. The topological polar surface area (TPSA) is 91.4 Å². The molecule has 27 heavy (non-hydrogen) atoms. The number of aliphatic hydroxyl groups is 3. The normalized spacial score (nSPS) is 27.8. The van der Waals surface area contributed by atoms with Crippen LogP contribution in [0.2, 0.25) is 0 Å². The first-order valence-corrected chi connectivity index (χ1v) is 8.93. The molecule has 0 amide bonds. The van der Waals surface area contributed by atoms with E-state index in [2.05, 4.69) is 9.97 Å². The second-order valence-corrected chi connectivity index (χ2v) is 7.46. The molecule has 3 aromatic rings. The largest absolute Gasteiger partial charge is 0.390 e. The first kappa shape index (κ1) is 18.0. The van der Waals surface area contributed by atoms with Gasteiger partial charge in [-0.25, -0.2) is 14.4 Å². The van der Waals surface area contributed by atoms with Crippen LogP contribution in [0, 0.1) is 18.7 Å². The summed E-state index contributed by atoms with van der Waals surface area (Å²) in [6.07, 6.45) is 1.45. The number of benzene rings is 1. The minimum atomic E-state index is -1.42. The zero-order chi connectivity index (χ0) is 19.3. The van der Waals surface area contributed by atoms with E-state index in [1.807, 2.05) is 23.8 Å². The Bertz CT molecular complexity index is 970. The van der Waals surface area contributed by atoms with E-state index in [1.54, 1.807) is 6.92 Å². The van der Waals surface area contributed by atoms with Crippen molar-refractivity contribution in [3.63, 3.8) is 0 Å². The summed E-state index contributed by atoms with van der Waals surface area (Å²) in [6, 6.07) is 7.00. The zero-order valence-electron chi connectivity index (χ0n) is 15.1. The van der Waals surface area contributed by atoms with E-state index in [4.69, 9.17) is 0 Å². The lowest BCUT2D eigenvalue weighted by Crippen LogP contribution is -2.40. The van der Waals surface area contributed by atoms with E-state index in [0.717, 1.165) is 11.1 Å². The molecule has 0 radical (unpaired) electrons. The Labute approximate surface area is 155 Å². The molecule has 1 aliphatic carbocycles. The third kappa shape index (κ3) is 2.82. The third-order valence-electron chi connectivity index (χ3n) is 5.87. The van der Waals surface area contributed by atoms with Gasteiger partial charge in [-0.2, -0.15) is 0 Å². The lowest BCUT2D eigenvalue weighted by Gasteiger charge is -2.33. The predicted octanol–water partition coefficient (Wildman–Crippen LogP) is 2.07. The number of nitrogens with zero attached hydrogens (tertiary/aromatic N) is 3. The molecule has 1 saturated carbocycles. The molecule has 1 unspecified atom stereocenters. The maximum Gasteiger partial charge on any atom is 0.143 e. The number of rotatable bonds is 3. The summed E-state index contributed by atoms with van der Waals surface area (Å²) in [7, 11) is 0. The van der Waals surface area contributed by atoms with Gasteiger partial charge in [-0.15, -0.1) is 0 Å². The first-order chi connectivity index (χ1) is 12.8.